The summed E-state index contributed by atoms with van der Waals surface area (Å²) >= 11 is 17.5. The second-order valence-corrected chi connectivity index (χ2v) is 5.57. The fraction of sp³-hybridized carbons (Fsp3) is 0.200. The average molecular weight is 392 g/mol. The van der Waals surface area contributed by atoms with Gasteiger partial charge in [0.15, 0.2) is 10.8 Å². The summed E-state index contributed by atoms with van der Waals surface area (Å²) in [4.78, 5) is 15.8. The van der Waals surface area contributed by atoms with Crippen LogP contribution in [0.25, 0.3) is 0 Å². The van der Waals surface area contributed by atoms with Crippen LogP contribution >= 0.6 is 34.8 Å². The number of nitrogen functional groups attached to an aromatic ring is 1. The zero-order chi connectivity index (χ0) is 17.7. The third-order valence-corrected chi connectivity index (χ3v) is 4.05. The van der Waals surface area contributed by atoms with Crippen molar-refractivity contribution in [3.05, 3.63) is 45.2 Å². The highest BCUT2D eigenvalue weighted by atomic mass is 35.5. The van der Waals surface area contributed by atoms with Gasteiger partial charge in [-0.15, -0.1) is 0 Å². The lowest BCUT2D eigenvalue weighted by Crippen LogP contribution is -2.15. The number of benzene rings is 1. The monoisotopic (exact) mass is 390 g/mol. The average Bonchev–Trinajstić information content (AvgIpc) is 2.60. The van der Waals surface area contributed by atoms with Gasteiger partial charge in [0.1, 0.15) is 29.7 Å². The summed E-state index contributed by atoms with van der Waals surface area (Å²) in [5.41, 5.74) is 5.42. The Balaban J connectivity index is 1.89. The Labute approximate surface area is 153 Å². The largest absolute Gasteiger partial charge is 0.497 e. The minimum atomic E-state index is -0.774. The van der Waals surface area contributed by atoms with E-state index in [1.165, 1.54) is 0 Å². The number of aromatic nitrogens is 1. The lowest BCUT2D eigenvalue weighted by Gasteiger charge is -2.10. The normalized spacial score (nSPS) is 10.3. The fourth-order valence-electron chi connectivity index (χ4n) is 1.70. The number of carbonyl (C=O) groups is 1. The lowest BCUT2D eigenvalue weighted by molar-refractivity contribution is 0.0444. The first-order chi connectivity index (χ1) is 11.4. The Kier molecular flexibility index (Phi) is 6.36. The van der Waals surface area contributed by atoms with Crippen LogP contribution in [0.2, 0.25) is 15.2 Å². The second-order valence-electron chi connectivity index (χ2n) is 4.45. The van der Waals surface area contributed by atoms with Crippen LogP contribution in [0.1, 0.15) is 10.5 Å². The molecule has 0 aliphatic rings. The van der Waals surface area contributed by atoms with Crippen molar-refractivity contribution in [3.8, 4) is 11.5 Å². The van der Waals surface area contributed by atoms with E-state index < -0.39 is 5.97 Å². The highest BCUT2D eigenvalue weighted by Crippen LogP contribution is 2.34. The van der Waals surface area contributed by atoms with Gasteiger partial charge in [-0.25, -0.2) is 9.78 Å². The number of carbonyl (C=O) groups excluding carboxylic acids is 1. The summed E-state index contributed by atoms with van der Waals surface area (Å²) in [6, 6.07) is 6.98. The predicted molar refractivity (Wildman–Crippen MR) is 92.5 cm³/mol. The molecule has 0 saturated carbocycles. The van der Waals surface area contributed by atoms with E-state index in [2.05, 4.69) is 4.98 Å². The molecule has 0 atom stereocenters. The molecule has 2 N–H and O–H groups in total. The van der Waals surface area contributed by atoms with Gasteiger partial charge in [-0.1, -0.05) is 34.8 Å². The summed E-state index contributed by atoms with van der Waals surface area (Å²) in [6.07, 6.45) is 0. The number of pyridine rings is 1. The molecule has 2 rings (SSSR count). The van der Waals surface area contributed by atoms with Gasteiger partial charge in [0, 0.05) is 0 Å². The van der Waals surface area contributed by atoms with Crippen LogP contribution in [0.3, 0.4) is 0 Å². The lowest BCUT2D eigenvalue weighted by atomic mass is 10.3. The standard InChI is InChI=1S/C15H13Cl3N2O4/c1-22-8-2-4-9(5-3-8)23-6-7-24-15(21)13-10(16)12(19)11(17)14(18)20-13/h2-5H,6-7H2,1H3,(H2,19,20). The van der Waals surface area contributed by atoms with E-state index in [4.69, 9.17) is 54.7 Å². The summed E-state index contributed by atoms with van der Waals surface area (Å²) in [6.45, 7) is 0.134. The summed E-state index contributed by atoms with van der Waals surface area (Å²) in [7, 11) is 1.57. The van der Waals surface area contributed by atoms with Crippen molar-refractivity contribution >= 4 is 46.5 Å². The highest BCUT2D eigenvalue weighted by molar-refractivity contribution is 6.46. The van der Waals surface area contributed by atoms with Gasteiger partial charge in [-0.3, -0.25) is 0 Å². The van der Waals surface area contributed by atoms with Crippen LogP contribution in [0.5, 0.6) is 11.5 Å². The molecule has 0 amide bonds. The minimum absolute atomic E-state index is 0.0109. The van der Waals surface area contributed by atoms with E-state index in [1.54, 1.807) is 31.4 Å². The number of anilines is 1. The van der Waals surface area contributed by atoms with Crippen LogP contribution in [-0.2, 0) is 4.74 Å². The van der Waals surface area contributed by atoms with Crippen molar-refractivity contribution in [3.63, 3.8) is 0 Å². The molecule has 0 aliphatic carbocycles. The van der Waals surface area contributed by atoms with Crippen molar-refractivity contribution in [2.45, 2.75) is 0 Å². The maximum Gasteiger partial charge on any atom is 0.358 e. The van der Waals surface area contributed by atoms with Crippen molar-refractivity contribution < 1.29 is 19.0 Å². The number of hydrogen-bond acceptors (Lipinski definition) is 6. The van der Waals surface area contributed by atoms with E-state index in [0.29, 0.717) is 11.5 Å². The number of rotatable bonds is 6. The predicted octanol–water partition coefficient (Wildman–Crippen LogP) is 3.87. The van der Waals surface area contributed by atoms with Crippen LogP contribution in [-0.4, -0.2) is 31.3 Å². The van der Waals surface area contributed by atoms with E-state index in [0.717, 1.165) is 0 Å². The number of methoxy groups -OCH3 is 1. The molecule has 0 aliphatic heterocycles. The number of ether oxygens (including phenoxy) is 3. The molecule has 6 nitrogen and oxygen atoms in total. The van der Waals surface area contributed by atoms with Crippen LogP contribution < -0.4 is 15.2 Å². The Bertz CT molecular complexity index is 738. The summed E-state index contributed by atoms with van der Waals surface area (Å²) in [5, 5.41) is -0.244. The van der Waals surface area contributed by atoms with Crippen LogP contribution in [0.15, 0.2) is 24.3 Å². The zero-order valence-corrected chi connectivity index (χ0v) is 14.8. The maximum absolute atomic E-state index is 12.0. The first-order valence-corrected chi connectivity index (χ1v) is 7.81. The number of esters is 1. The van der Waals surface area contributed by atoms with Crippen LogP contribution in [0, 0.1) is 0 Å². The number of halogens is 3. The molecule has 0 unspecified atom stereocenters. The number of hydrogen-bond donors (Lipinski definition) is 1. The summed E-state index contributed by atoms with van der Waals surface area (Å²) in [5.74, 6) is 0.553. The van der Waals surface area contributed by atoms with Gasteiger partial charge in [-0.2, -0.15) is 0 Å². The molecule has 0 radical (unpaired) electrons. The van der Waals surface area contributed by atoms with Gasteiger partial charge in [-0.05, 0) is 24.3 Å². The van der Waals surface area contributed by atoms with Crippen molar-refractivity contribution in [1.82, 2.24) is 4.98 Å². The molecule has 9 heteroatoms. The van der Waals surface area contributed by atoms with Gasteiger partial charge in [0.25, 0.3) is 0 Å². The van der Waals surface area contributed by atoms with Crippen molar-refractivity contribution in [1.29, 1.82) is 0 Å². The zero-order valence-electron chi connectivity index (χ0n) is 12.5. The maximum atomic E-state index is 12.0. The third kappa shape index (κ3) is 4.35. The van der Waals surface area contributed by atoms with Gasteiger partial charge in [0.2, 0.25) is 0 Å². The van der Waals surface area contributed by atoms with E-state index in [-0.39, 0.29) is 39.8 Å². The molecule has 1 aromatic carbocycles. The number of nitrogens with zero attached hydrogens (tertiary/aromatic N) is 1. The van der Waals surface area contributed by atoms with E-state index in [9.17, 15) is 4.79 Å². The topological polar surface area (TPSA) is 83.7 Å². The van der Waals surface area contributed by atoms with Gasteiger partial charge < -0.3 is 19.9 Å². The van der Waals surface area contributed by atoms with E-state index >= 15 is 0 Å². The second kappa shape index (κ2) is 8.28. The minimum Gasteiger partial charge on any atom is -0.497 e. The molecular formula is C15H13Cl3N2O4. The molecule has 0 spiro atoms. The summed E-state index contributed by atoms with van der Waals surface area (Å²) < 4.78 is 15.5. The van der Waals surface area contributed by atoms with Crippen molar-refractivity contribution in [2.24, 2.45) is 0 Å². The van der Waals surface area contributed by atoms with Crippen LogP contribution in [0.4, 0.5) is 5.69 Å². The quantitative estimate of drug-likeness (QED) is 0.457. The molecule has 24 heavy (non-hydrogen) atoms. The molecule has 0 saturated heterocycles. The molecule has 1 aromatic heterocycles. The smallest absolute Gasteiger partial charge is 0.358 e. The molecule has 0 bridgehead atoms. The first kappa shape index (κ1) is 18.4. The van der Waals surface area contributed by atoms with Gasteiger partial charge in [0.05, 0.1) is 17.8 Å². The van der Waals surface area contributed by atoms with Crippen molar-refractivity contribution in [2.75, 3.05) is 26.1 Å². The Hall–Kier alpha value is -1.89. The molecule has 0 fully saturated rings. The molecule has 128 valence electrons. The molecular weight excluding hydrogens is 379 g/mol. The highest BCUT2D eigenvalue weighted by Gasteiger charge is 2.20. The fourth-order valence-corrected chi connectivity index (χ4v) is 2.29. The van der Waals surface area contributed by atoms with Gasteiger partial charge >= 0.3 is 5.97 Å². The molecule has 2 aromatic rings. The van der Waals surface area contributed by atoms with E-state index in [1.807, 2.05) is 0 Å². The first-order valence-electron chi connectivity index (χ1n) is 6.68. The Morgan fingerprint density at radius 3 is 2.33 bits per heavy atom. The third-order valence-electron chi connectivity index (χ3n) is 2.91. The SMILES string of the molecule is COc1ccc(OCCOC(=O)c2nc(Cl)c(Cl)c(N)c2Cl)cc1. The Morgan fingerprint density at radius 1 is 1.08 bits per heavy atom. The Morgan fingerprint density at radius 2 is 1.71 bits per heavy atom. The number of nitrogens with two attached hydrogens (primary N) is 1. The molecule has 1 heterocycles.